The average molecular weight is 281 g/mol. The number of hydrogen-bond donors (Lipinski definition) is 3. The summed E-state index contributed by atoms with van der Waals surface area (Å²) < 4.78 is 0. The molecule has 0 saturated carbocycles. The number of nitriles is 1. The highest BCUT2D eigenvalue weighted by atomic mass is 16.3. The molecule has 0 aliphatic carbocycles. The van der Waals surface area contributed by atoms with Gasteiger partial charge in [0.05, 0.1) is 17.3 Å². The Hall–Kier alpha value is -2.84. The summed E-state index contributed by atoms with van der Waals surface area (Å²) >= 11 is 0. The van der Waals surface area contributed by atoms with Crippen LogP contribution in [-0.2, 0) is 11.2 Å². The van der Waals surface area contributed by atoms with E-state index in [0.29, 0.717) is 17.7 Å². The van der Waals surface area contributed by atoms with E-state index in [-0.39, 0.29) is 11.7 Å². The van der Waals surface area contributed by atoms with Gasteiger partial charge in [-0.05, 0) is 36.2 Å². The summed E-state index contributed by atoms with van der Waals surface area (Å²) in [6.07, 6.45) is 0.348. The zero-order chi connectivity index (χ0) is 15.2. The van der Waals surface area contributed by atoms with Gasteiger partial charge in [-0.3, -0.25) is 4.79 Å². The molecule has 0 heterocycles. The van der Waals surface area contributed by atoms with Crippen molar-refractivity contribution in [1.29, 1.82) is 5.26 Å². The Morgan fingerprint density at radius 2 is 1.90 bits per heavy atom. The van der Waals surface area contributed by atoms with Crippen LogP contribution < -0.4 is 11.1 Å². The highest BCUT2D eigenvalue weighted by molar-refractivity contribution is 5.95. The number of carbonyl (C=O) groups is 1. The quantitative estimate of drug-likeness (QED) is 0.795. The fourth-order valence-corrected chi connectivity index (χ4v) is 1.89. The SMILES string of the molecule is N#Cc1ccccc1NC(=O)C(N)Cc1ccc(O)cc1. The summed E-state index contributed by atoms with van der Waals surface area (Å²) in [4.78, 5) is 12.1. The van der Waals surface area contributed by atoms with E-state index in [1.54, 1.807) is 48.5 Å². The number of nitrogens with one attached hydrogen (secondary N) is 1. The lowest BCUT2D eigenvalue weighted by atomic mass is 10.1. The molecular formula is C16H15N3O2. The Kier molecular flexibility index (Phi) is 4.54. The van der Waals surface area contributed by atoms with Crippen LogP contribution in [0.5, 0.6) is 5.75 Å². The van der Waals surface area contributed by atoms with E-state index in [1.165, 1.54) is 0 Å². The van der Waals surface area contributed by atoms with Crippen LogP contribution >= 0.6 is 0 Å². The molecule has 0 fully saturated rings. The van der Waals surface area contributed by atoms with Gasteiger partial charge in [-0.2, -0.15) is 5.26 Å². The Morgan fingerprint density at radius 3 is 2.57 bits per heavy atom. The van der Waals surface area contributed by atoms with Crippen molar-refractivity contribution in [2.24, 2.45) is 5.73 Å². The van der Waals surface area contributed by atoms with Gasteiger partial charge in [0.15, 0.2) is 0 Å². The second kappa shape index (κ2) is 6.55. The van der Waals surface area contributed by atoms with Gasteiger partial charge in [0.1, 0.15) is 11.8 Å². The summed E-state index contributed by atoms with van der Waals surface area (Å²) in [6.45, 7) is 0. The summed E-state index contributed by atoms with van der Waals surface area (Å²) in [7, 11) is 0. The minimum absolute atomic E-state index is 0.166. The molecule has 2 aromatic carbocycles. The molecule has 0 aromatic heterocycles. The molecule has 0 aliphatic rings. The van der Waals surface area contributed by atoms with E-state index in [9.17, 15) is 9.90 Å². The third-order valence-electron chi connectivity index (χ3n) is 3.03. The molecule has 5 heteroatoms. The highest BCUT2D eigenvalue weighted by Gasteiger charge is 2.15. The molecule has 0 spiro atoms. The molecule has 4 N–H and O–H groups in total. The largest absolute Gasteiger partial charge is 0.508 e. The predicted molar refractivity (Wildman–Crippen MR) is 79.6 cm³/mol. The Morgan fingerprint density at radius 1 is 1.24 bits per heavy atom. The van der Waals surface area contributed by atoms with E-state index in [4.69, 9.17) is 11.0 Å². The smallest absolute Gasteiger partial charge is 0.241 e. The first-order valence-electron chi connectivity index (χ1n) is 6.43. The Balaban J connectivity index is 2.03. The summed E-state index contributed by atoms with van der Waals surface area (Å²) in [5, 5.41) is 20.8. The fraction of sp³-hybridized carbons (Fsp3) is 0.125. The van der Waals surface area contributed by atoms with Crippen molar-refractivity contribution < 1.29 is 9.90 Å². The number of phenols is 1. The lowest BCUT2D eigenvalue weighted by molar-refractivity contribution is -0.117. The minimum Gasteiger partial charge on any atom is -0.508 e. The fourth-order valence-electron chi connectivity index (χ4n) is 1.89. The van der Waals surface area contributed by atoms with Gasteiger partial charge in [0, 0.05) is 0 Å². The number of nitrogens with two attached hydrogens (primary N) is 1. The van der Waals surface area contributed by atoms with Gasteiger partial charge in [-0.15, -0.1) is 0 Å². The first kappa shape index (κ1) is 14.6. The van der Waals surface area contributed by atoms with Crippen molar-refractivity contribution in [2.75, 3.05) is 5.32 Å². The van der Waals surface area contributed by atoms with Crippen molar-refractivity contribution >= 4 is 11.6 Å². The van der Waals surface area contributed by atoms with Crippen LogP contribution in [0.1, 0.15) is 11.1 Å². The number of aromatic hydroxyl groups is 1. The standard InChI is InChI=1S/C16H15N3O2/c17-10-12-3-1-2-4-15(12)19-16(21)14(18)9-11-5-7-13(20)8-6-11/h1-8,14,20H,9,18H2,(H,19,21). The zero-order valence-corrected chi connectivity index (χ0v) is 11.3. The maximum atomic E-state index is 12.1. The number of nitrogens with zero attached hydrogens (tertiary/aromatic N) is 1. The van der Waals surface area contributed by atoms with E-state index in [2.05, 4.69) is 5.32 Å². The maximum absolute atomic E-state index is 12.1. The lowest BCUT2D eigenvalue weighted by Gasteiger charge is -2.13. The normalized spacial score (nSPS) is 11.4. The molecule has 1 amide bonds. The summed E-state index contributed by atoms with van der Waals surface area (Å²) in [5.74, 6) is -0.189. The topological polar surface area (TPSA) is 99.1 Å². The predicted octanol–water partition coefficient (Wildman–Crippen LogP) is 1.77. The third kappa shape index (κ3) is 3.81. The van der Waals surface area contributed by atoms with E-state index < -0.39 is 6.04 Å². The number of benzene rings is 2. The van der Waals surface area contributed by atoms with Crippen molar-refractivity contribution in [3.63, 3.8) is 0 Å². The Bertz CT molecular complexity index is 675. The molecule has 1 unspecified atom stereocenters. The van der Waals surface area contributed by atoms with Gasteiger partial charge in [0.2, 0.25) is 5.91 Å². The first-order valence-corrected chi connectivity index (χ1v) is 6.43. The zero-order valence-electron chi connectivity index (χ0n) is 11.3. The van der Waals surface area contributed by atoms with Crippen molar-refractivity contribution in [2.45, 2.75) is 12.5 Å². The second-order valence-corrected chi connectivity index (χ2v) is 4.62. The van der Waals surface area contributed by atoms with Gasteiger partial charge in [-0.25, -0.2) is 0 Å². The summed E-state index contributed by atoms with van der Waals surface area (Å²) in [5.41, 5.74) is 7.56. The molecule has 21 heavy (non-hydrogen) atoms. The van der Waals surface area contributed by atoms with Crippen LogP contribution in [0, 0.1) is 11.3 Å². The van der Waals surface area contributed by atoms with E-state index >= 15 is 0 Å². The lowest BCUT2D eigenvalue weighted by Crippen LogP contribution is -2.37. The van der Waals surface area contributed by atoms with Gasteiger partial charge < -0.3 is 16.2 Å². The molecule has 0 saturated heterocycles. The van der Waals surface area contributed by atoms with Crippen LogP contribution in [-0.4, -0.2) is 17.1 Å². The number of phenolic OH excluding ortho intramolecular Hbond substituents is 1. The van der Waals surface area contributed by atoms with E-state index in [0.717, 1.165) is 5.56 Å². The summed E-state index contributed by atoms with van der Waals surface area (Å²) in [6, 6.07) is 14.5. The average Bonchev–Trinajstić information content (AvgIpc) is 2.50. The van der Waals surface area contributed by atoms with Crippen LogP contribution in [0.2, 0.25) is 0 Å². The number of anilines is 1. The molecule has 5 nitrogen and oxygen atoms in total. The van der Waals surface area contributed by atoms with Crippen molar-refractivity contribution in [1.82, 2.24) is 0 Å². The second-order valence-electron chi connectivity index (χ2n) is 4.62. The van der Waals surface area contributed by atoms with Crippen LogP contribution in [0.15, 0.2) is 48.5 Å². The molecular weight excluding hydrogens is 266 g/mol. The monoisotopic (exact) mass is 281 g/mol. The van der Waals surface area contributed by atoms with E-state index in [1.807, 2.05) is 6.07 Å². The molecule has 2 aromatic rings. The number of hydrogen-bond acceptors (Lipinski definition) is 4. The number of para-hydroxylation sites is 1. The van der Waals surface area contributed by atoms with Crippen LogP contribution in [0.4, 0.5) is 5.69 Å². The molecule has 0 aliphatic heterocycles. The number of rotatable bonds is 4. The molecule has 1 atom stereocenters. The van der Waals surface area contributed by atoms with Gasteiger partial charge in [-0.1, -0.05) is 24.3 Å². The highest BCUT2D eigenvalue weighted by Crippen LogP contribution is 2.15. The molecule has 2 rings (SSSR count). The first-order chi connectivity index (χ1) is 10.1. The van der Waals surface area contributed by atoms with Crippen molar-refractivity contribution in [3.8, 4) is 11.8 Å². The third-order valence-corrected chi connectivity index (χ3v) is 3.03. The Labute approximate surface area is 122 Å². The number of carbonyl (C=O) groups excluding carboxylic acids is 1. The molecule has 0 bridgehead atoms. The van der Waals surface area contributed by atoms with Gasteiger partial charge >= 0.3 is 0 Å². The van der Waals surface area contributed by atoms with Crippen LogP contribution in [0.25, 0.3) is 0 Å². The maximum Gasteiger partial charge on any atom is 0.241 e. The number of amides is 1. The van der Waals surface area contributed by atoms with Crippen molar-refractivity contribution in [3.05, 3.63) is 59.7 Å². The molecule has 0 radical (unpaired) electrons. The molecule has 106 valence electrons. The minimum atomic E-state index is -0.735. The van der Waals surface area contributed by atoms with Crippen LogP contribution in [0.3, 0.4) is 0 Å². The van der Waals surface area contributed by atoms with Gasteiger partial charge in [0.25, 0.3) is 0 Å².